The van der Waals surface area contributed by atoms with Crippen molar-refractivity contribution in [3.05, 3.63) is 58.9 Å². The summed E-state index contributed by atoms with van der Waals surface area (Å²) < 4.78 is 10.6. The zero-order valence-electron chi connectivity index (χ0n) is 16.0. The molecule has 0 fully saturated rings. The molecule has 1 N–H and O–H groups in total. The van der Waals surface area contributed by atoms with E-state index in [1.165, 1.54) is 0 Å². The number of ether oxygens (including phenoxy) is 2. The molecular weight excluding hydrogens is 342 g/mol. The van der Waals surface area contributed by atoms with E-state index in [1.807, 2.05) is 38.1 Å². The molecule has 0 radical (unpaired) electrons. The molecule has 0 aliphatic rings. The summed E-state index contributed by atoms with van der Waals surface area (Å²) in [7, 11) is 3.24. The number of aromatic nitrogens is 2. The number of nitrogens with zero attached hydrogens (tertiary/aromatic N) is 2. The second kappa shape index (κ2) is 8.03. The summed E-state index contributed by atoms with van der Waals surface area (Å²) in [6.45, 7) is 4.34. The minimum Gasteiger partial charge on any atom is -0.497 e. The van der Waals surface area contributed by atoms with E-state index in [1.54, 1.807) is 26.4 Å². The quantitative estimate of drug-likeness (QED) is 0.726. The molecule has 140 valence electrons. The number of carbonyl (C=O) groups excluding carboxylic acids is 1. The number of aryl methyl sites for hydroxylation is 2. The SMILES string of the molecule is COc1ccc(CCNC(=O)c2ccc3nc(C)c(C)nc3c2)c(OC)c1. The Bertz CT molecular complexity index is 986. The van der Waals surface area contributed by atoms with Crippen molar-refractivity contribution in [2.45, 2.75) is 20.3 Å². The van der Waals surface area contributed by atoms with Crippen LogP contribution >= 0.6 is 0 Å². The number of benzene rings is 2. The molecule has 0 atom stereocenters. The first-order chi connectivity index (χ1) is 13.0. The molecule has 0 spiro atoms. The highest BCUT2D eigenvalue weighted by molar-refractivity contribution is 5.97. The predicted molar refractivity (Wildman–Crippen MR) is 105 cm³/mol. The molecule has 0 unspecified atom stereocenters. The van der Waals surface area contributed by atoms with Crippen molar-refractivity contribution >= 4 is 16.9 Å². The molecule has 2 aromatic carbocycles. The largest absolute Gasteiger partial charge is 0.497 e. The van der Waals surface area contributed by atoms with E-state index in [2.05, 4.69) is 15.3 Å². The number of amides is 1. The first-order valence-corrected chi connectivity index (χ1v) is 8.76. The second-order valence-corrected chi connectivity index (χ2v) is 6.28. The summed E-state index contributed by atoms with van der Waals surface area (Å²) >= 11 is 0. The van der Waals surface area contributed by atoms with Gasteiger partial charge in [-0.25, -0.2) is 9.97 Å². The normalized spacial score (nSPS) is 10.7. The molecule has 0 saturated heterocycles. The van der Waals surface area contributed by atoms with Crippen molar-refractivity contribution in [1.29, 1.82) is 0 Å². The zero-order valence-corrected chi connectivity index (χ0v) is 16.0. The van der Waals surface area contributed by atoms with Crippen LogP contribution < -0.4 is 14.8 Å². The van der Waals surface area contributed by atoms with Crippen LogP contribution in [0.3, 0.4) is 0 Å². The molecule has 1 heterocycles. The van der Waals surface area contributed by atoms with Crippen molar-refractivity contribution in [2.75, 3.05) is 20.8 Å². The van der Waals surface area contributed by atoms with Gasteiger partial charge in [-0.3, -0.25) is 4.79 Å². The third-order valence-electron chi connectivity index (χ3n) is 4.51. The van der Waals surface area contributed by atoms with E-state index in [-0.39, 0.29) is 5.91 Å². The summed E-state index contributed by atoms with van der Waals surface area (Å²) in [5.74, 6) is 1.35. The first-order valence-electron chi connectivity index (χ1n) is 8.76. The van der Waals surface area contributed by atoms with Gasteiger partial charge in [-0.1, -0.05) is 6.07 Å². The summed E-state index contributed by atoms with van der Waals surface area (Å²) in [4.78, 5) is 21.5. The van der Waals surface area contributed by atoms with Crippen molar-refractivity contribution in [2.24, 2.45) is 0 Å². The zero-order chi connectivity index (χ0) is 19.4. The summed E-state index contributed by atoms with van der Waals surface area (Å²) in [6, 6.07) is 11.0. The van der Waals surface area contributed by atoms with Crippen LogP contribution in [0.25, 0.3) is 11.0 Å². The Kier molecular flexibility index (Phi) is 5.54. The second-order valence-electron chi connectivity index (χ2n) is 6.28. The summed E-state index contributed by atoms with van der Waals surface area (Å²) in [5.41, 5.74) is 4.86. The Balaban J connectivity index is 1.67. The lowest BCUT2D eigenvalue weighted by atomic mass is 10.1. The van der Waals surface area contributed by atoms with Crippen LogP contribution in [-0.4, -0.2) is 36.6 Å². The minimum absolute atomic E-state index is 0.135. The molecule has 0 saturated carbocycles. The number of methoxy groups -OCH3 is 2. The lowest BCUT2D eigenvalue weighted by molar-refractivity contribution is 0.0954. The molecule has 1 amide bonds. The van der Waals surface area contributed by atoms with Crippen LogP contribution in [0.15, 0.2) is 36.4 Å². The Labute approximate surface area is 158 Å². The number of hydrogen-bond acceptors (Lipinski definition) is 5. The fourth-order valence-corrected chi connectivity index (χ4v) is 2.84. The molecule has 1 aromatic heterocycles. The summed E-state index contributed by atoms with van der Waals surface area (Å²) in [6.07, 6.45) is 0.657. The van der Waals surface area contributed by atoms with E-state index < -0.39 is 0 Å². The van der Waals surface area contributed by atoms with Gasteiger partial charge in [-0.05, 0) is 50.1 Å². The highest BCUT2D eigenvalue weighted by Crippen LogP contribution is 2.24. The standard InChI is InChI=1S/C21H23N3O3/c1-13-14(2)24-19-11-16(6-8-18(19)23-13)21(25)22-10-9-15-5-7-17(26-3)12-20(15)27-4/h5-8,11-12H,9-10H2,1-4H3,(H,22,25). The van der Waals surface area contributed by atoms with Gasteiger partial charge in [0.05, 0.1) is 36.6 Å². The molecule has 0 aliphatic heterocycles. The van der Waals surface area contributed by atoms with Crippen LogP contribution in [0.5, 0.6) is 11.5 Å². The van der Waals surface area contributed by atoms with Gasteiger partial charge < -0.3 is 14.8 Å². The van der Waals surface area contributed by atoms with E-state index in [0.29, 0.717) is 18.5 Å². The molecular formula is C21H23N3O3. The van der Waals surface area contributed by atoms with Gasteiger partial charge >= 0.3 is 0 Å². The van der Waals surface area contributed by atoms with E-state index in [0.717, 1.165) is 39.5 Å². The summed E-state index contributed by atoms with van der Waals surface area (Å²) in [5, 5.41) is 2.94. The van der Waals surface area contributed by atoms with Crippen molar-refractivity contribution in [1.82, 2.24) is 15.3 Å². The van der Waals surface area contributed by atoms with Gasteiger partial charge in [0.2, 0.25) is 0 Å². The first kappa shape index (κ1) is 18.6. The maximum absolute atomic E-state index is 12.5. The van der Waals surface area contributed by atoms with E-state index in [9.17, 15) is 4.79 Å². The minimum atomic E-state index is -0.135. The monoisotopic (exact) mass is 365 g/mol. The van der Waals surface area contributed by atoms with Gasteiger partial charge in [0, 0.05) is 18.2 Å². The van der Waals surface area contributed by atoms with Crippen molar-refractivity contribution in [3.63, 3.8) is 0 Å². The van der Waals surface area contributed by atoms with Gasteiger partial charge in [-0.15, -0.1) is 0 Å². The molecule has 0 aliphatic carbocycles. The van der Waals surface area contributed by atoms with Crippen LogP contribution in [0.2, 0.25) is 0 Å². The molecule has 0 bridgehead atoms. The van der Waals surface area contributed by atoms with E-state index >= 15 is 0 Å². The average molecular weight is 365 g/mol. The highest BCUT2D eigenvalue weighted by atomic mass is 16.5. The van der Waals surface area contributed by atoms with Crippen LogP contribution in [0, 0.1) is 13.8 Å². The fourth-order valence-electron chi connectivity index (χ4n) is 2.84. The Morgan fingerprint density at radius 2 is 1.70 bits per heavy atom. The highest BCUT2D eigenvalue weighted by Gasteiger charge is 2.10. The third kappa shape index (κ3) is 4.16. The molecule has 27 heavy (non-hydrogen) atoms. The lowest BCUT2D eigenvalue weighted by Crippen LogP contribution is -2.25. The fraction of sp³-hybridized carbons (Fsp3) is 0.286. The Hall–Kier alpha value is -3.15. The van der Waals surface area contributed by atoms with Gasteiger partial charge in [0.15, 0.2) is 0 Å². The van der Waals surface area contributed by atoms with Crippen LogP contribution in [0.4, 0.5) is 0 Å². The average Bonchev–Trinajstić information content (AvgIpc) is 2.68. The van der Waals surface area contributed by atoms with Crippen LogP contribution in [0.1, 0.15) is 27.3 Å². The number of hydrogen-bond donors (Lipinski definition) is 1. The van der Waals surface area contributed by atoms with Crippen molar-refractivity contribution < 1.29 is 14.3 Å². The van der Waals surface area contributed by atoms with Gasteiger partial charge in [-0.2, -0.15) is 0 Å². The third-order valence-corrected chi connectivity index (χ3v) is 4.51. The molecule has 3 aromatic rings. The Morgan fingerprint density at radius 1 is 0.963 bits per heavy atom. The number of fused-ring (bicyclic) bond motifs is 1. The maximum atomic E-state index is 12.5. The molecule has 3 rings (SSSR count). The number of carbonyl (C=O) groups is 1. The topological polar surface area (TPSA) is 73.3 Å². The number of nitrogens with one attached hydrogen (secondary N) is 1. The van der Waals surface area contributed by atoms with Crippen LogP contribution in [-0.2, 0) is 6.42 Å². The Morgan fingerprint density at radius 3 is 2.41 bits per heavy atom. The maximum Gasteiger partial charge on any atom is 0.251 e. The van der Waals surface area contributed by atoms with Gasteiger partial charge in [0.1, 0.15) is 11.5 Å². The smallest absolute Gasteiger partial charge is 0.251 e. The number of rotatable bonds is 6. The van der Waals surface area contributed by atoms with E-state index in [4.69, 9.17) is 9.47 Å². The van der Waals surface area contributed by atoms with Crippen molar-refractivity contribution in [3.8, 4) is 11.5 Å². The van der Waals surface area contributed by atoms with Gasteiger partial charge in [0.25, 0.3) is 5.91 Å². The molecule has 6 heteroatoms. The lowest BCUT2D eigenvalue weighted by Gasteiger charge is -2.11. The predicted octanol–water partition coefficient (Wildman–Crippen LogP) is 3.24. The molecule has 6 nitrogen and oxygen atoms in total.